The monoisotopic (exact) mass is 337 g/mol. The zero-order valence-corrected chi connectivity index (χ0v) is 14.3. The zero-order chi connectivity index (χ0) is 16.1. The molecule has 12 heteroatoms. The maximum atomic E-state index is 11.9. The fraction of sp³-hybridized carbons (Fsp3) is 0. The fourth-order valence-corrected chi connectivity index (χ4v) is 2.44. The SMILES string of the molecule is O=c1nc2c3cc(-n4ccnc4)c([N+](=O)[O-])cc3[nH]c(=O)n2[nH]1.[H-].[Na+]. The zero-order valence-electron chi connectivity index (χ0n) is 13.3. The summed E-state index contributed by atoms with van der Waals surface area (Å²) in [5, 5.41) is 14.0. The van der Waals surface area contributed by atoms with Crippen LogP contribution in [-0.4, -0.2) is 34.1 Å². The molecule has 116 valence electrons. The van der Waals surface area contributed by atoms with Crippen LogP contribution in [0.5, 0.6) is 0 Å². The van der Waals surface area contributed by atoms with Gasteiger partial charge < -0.3 is 11.0 Å². The summed E-state index contributed by atoms with van der Waals surface area (Å²) in [6, 6.07) is 2.70. The van der Waals surface area contributed by atoms with Gasteiger partial charge in [-0.1, -0.05) is 0 Å². The number of H-pyrrole nitrogens is 2. The van der Waals surface area contributed by atoms with E-state index in [0.29, 0.717) is 5.39 Å². The van der Waals surface area contributed by atoms with Gasteiger partial charge in [0, 0.05) is 23.8 Å². The molecule has 4 aromatic rings. The third kappa shape index (κ3) is 2.35. The molecular weight excluding hydrogens is 329 g/mol. The molecular formula is C12H8N7NaO4. The van der Waals surface area contributed by atoms with Crippen molar-refractivity contribution in [3.8, 4) is 5.69 Å². The van der Waals surface area contributed by atoms with E-state index >= 15 is 0 Å². The Kier molecular flexibility index (Phi) is 3.83. The van der Waals surface area contributed by atoms with E-state index in [0.717, 1.165) is 4.52 Å². The molecule has 0 amide bonds. The minimum absolute atomic E-state index is 0. The molecule has 0 radical (unpaired) electrons. The van der Waals surface area contributed by atoms with Crippen LogP contribution in [0.1, 0.15) is 1.43 Å². The van der Waals surface area contributed by atoms with Gasteiger partial charge in [0.25, 0.3) is 5.69 Å². The average molecular weight is 337 g/mol. The Labute approximate surface area is 154 Å². The third-order valence-corrected chi connectivity index (χ3v) is 3.41. The van der Waals surface area contributed by atoms with Crippen molar-refractivity contribution in [1.29, 1.82) is 0 Å². The number of nitrogens with one attached hydrogen (secondary N) is 2. The van der Waals surface area contributed by atoms with Crippen molar-refractivity contribution in [2.75, 3.05) is 0 Å². The van der Waals surface area contributed by atoms with Crippen LogP contribution in [0.4, 0.5) is 5.69 Å². The van der Waals surface area contributed by atoms with Crippen molar-refractivity contribution in [2.45, 2.75) is 0 Å². The topological polar surface area (TPSA) is 144 Å². The van der Waals surface area contributed by atoms with Gasteiger partial charge in [0.05, 0.1) is 16.8 Å². The Morgan fingerprint density at radius 3 is 2.75 bits per heavy atom. The summed E-state index contributed by atoms with van der Waals surface area (Å²) in [6.07, 6.45) is 4.44. The number of nitrogens with zero attached hydrogens (tertiary/aromatic N) is 5. The van der Waals surface area contributed by atoms with Crippen LogP contribution in [0.15, 0.2) is 40.4 Å². The van der Waals surface area contributed by atoms with E-state index in [2.05, 4.69) is 20.1 Å². The smallest absolute Gasteiger partial charge is 1.00 e. The first-order chi connectivity index (χ1) is 11.0. The molecule has 11 nitrogen and oxygen atoms in total. The standard InChI is InChI=1S/C12H7N7O4.Na.H/c20-11-15-10-6-3-8(17-2-1-13-5-17)9(19(22)23)4-7(6)14-12(21)18(10)16-11;;/h1-5H,(H,14,21)(H,16,20);;/q;+1;-1. The second kappa shape index (κ2) is 5.70. The number of aromatic nitrogens is 6. The van der Waals surface area contributed by atoms with Crippen LogP contribution in [0.3, 0.4) is 0 Å². The number of benzene rings is 1. The molecule has 4 rings (SSSR count). The molecule has 3 heterocycles. The number of imidazole rings is 1. The van der Waals surface area contributed by atoms with Gasteiger partial charge in [-0.15, -0.1) is 0 Å². The van der Waals surface area contributed by atoms with Gasteiger partial charge in [-0.05, 0) is 6.07 Å². The first kappa shape index (κ1) is 16.1. The Bertz CT molecular complexity index is 1190. The summed E-state index contributed by atoms with van der Waals surface area (Å²) in [6.45, 7) is 0. The molecule has 0 atom stereocenters. The molecule has 0 bridgehead atoms. The van der Waals surface area contributed by atoms with E-state index in [-0.39, 0.29) is 53.5 Å². The van der Waals surface area contributed by atoms with Crippen LogP contribution in [0.25, 0.3) is 22.2 Å². The Morgan fingerprint density at radius 2 is 2.08 bits per heavy atom. The first-order valence-corrected chi connectivity index (χ1v) is 6.36. The number of fused-ring (bicyclic) bond motifs is 3. The van der Waals surface area contributed by atoms with Crippen molar-refractivity contribution in [2.24, 2.45) is 0 Å². The number of aromatic amines is 2. The van der Waals surface area contributed by atoms with E-state index < -0.39 is 16.3 Å². The fourth-order valence-electron chi connectivity index (χ4n) is 2.44. The van der Waals surface area contributed by atoms with Crippen LogP contribution in [-0.2, 0) is 0 Å². The number of nitro groups is 1. The maximum Gasteiger partial charge on any atom is 1.00 e. The van der Waals surface area contributed by atoms with Crippen molar-refractivity contribution in [3.63, 3.8) is 0 Å². The molecule has 24 heavy (non-hydrogen) atoms. The van der Waals surface area contributed by atoms with E-state index in [9.17, 15) is 19.7 Å². The second-order valence-electron chi connectivity index (χ2n) is 4.73. The van der Waals surface area contributed by atoms with Gasteiger partial charge in [-0.3, -0.25) is 10.1 Å². The predicted octanol–water partition coefficient (Wildman–Crippen LogP) is -2.93. The van der Waals surface area contributed by atoms with Gasteiger partial charge >= 0.3 is 40.9 Å². The molecule has 0 saturated carbocycles. The van der Waals surface area contributed by atoms with Crippen molar-refractivity contribution < 1.29 is 35.9 Å². The molecule has 2 N–H and O–H groups in total. The molecule has 0 saturated heterocycles. The molecule has 0 unspecified atom stereocenters. The van der Waals surface area contributed by atoms with E-state index in [1.807, 2.05) is 0 Å². The normalized spacial score (nSPS) is 10.8. The van der Waals surface area contributed by atoms with Crippen LogP contribution >= 0.6 is 0 Å². The van der Waals surface area contributed by atoms with Crippen molar-refractivity contribution in [1.82, 2.24) is 29.1 Å². The molecule has 0 spiro atoms. The van der Waals surface area contributed by atoms with Gasteiger partial charge in [0.1, 0.15) is 5.69 Å². The number of rotatable bonds is 2. The van der Waals surface area contributed by atoms with E-state index in [1.54, 1.807) is 6.20 Å². The number of hydrogen-bond acceptors (Lipinski definition) is 6. The summed E-state index contributed by atoms with van der Waals surface area (Å²) in [4.78, 5) is 44.2. The minimum atomic E-state index is -0.689. The second-order valence-corrected chi connectivity index (χ2v) is 4.73. The molecule has 0 aliphatic heterocycles. The quantitative estimate of drug-likeness (QED) is 0.228. The Balaban J connectivity index is 0.00000113. The Morgan fingerprint density at radius 1 is 1.29 bits per heavy atom. The summed E-state index contributed by atoms with van der Waals surface area (Å²) in [7, 11) is 0. The van der Waals surface area contributed by atoms with Gasteiger partial charge in [0.15, 0.2) is 5.65 Å². The Hall–Kier alpha value is -2.76. The van der Waals surface area contributed by atoms with Crippen molar-refractivity contribution >= 4 is 22.2 Å². The predicted molar refractivity (Wildman–Crippen MR) is 78.8 cm³/mol. The molecule has 0 fully saturated rings. The summed E-state index contributed by atoms with van der Waals surface area (Å²) < 4.78 is 2.41. The van der Waals surface area contributed by atoms with Gasteiger partial charge in [-0.2, -0.15) is 9.50 Å². The summed E-state index contributed by atoms with van der Waals surface area (Å²) >= 11 is 0. The first-order valence-electron chi connectivity index (χ1n) is 6.36. The molecule has 3 aromatic heterocycles. The molecule has 0 aliphatic carbocycles. The van der Waals surface area contributed by atoms with Gasteiger partial charge in [0.2, 0.25) is 0 Å². The molecule has 1 aromatic carbocycles. The maximum absolute atomic E-state index is 11.9. The summed E-state index contributed by atoms with van der Waals surface area (Å²) in [5.41, 5.74) is -1.02. The van der Waals surface area contributed by atoms with Crippen LogP contribution in [0, 0.1) is 10.1 Å². The van der Waals surface area contributed by atoms with E-state index in [1.165, 1.54) is 29.2 Å². The van der Waals surface area contributed by atoms with Crippen LogP contribution in [0.2, 0.25) is 0 Å². The minimum Gasteiger partial charge on any atom is -1.00 e. The van der Waals surface area contributed by atoms with Crippen LogP contribution < -0.4 is 40.9 Å². The summed E-state index contributed by atoms with van der Waals surface area (Å²) in [5.74, 6) is 0. The number of nitro benzene ring substituents is 1. The van der Waals surface area contributed by atoms with E-state index in [4.69, 9.17) is 0 Å². The van der Waals surface area contributed by atoms with Crippen molar-refractivity contribution in [3.05, 3.63) is 61.9 Å². The largest absolute Gasteiger partial charge is 1.00 e. The third-order valence-electron chi connectivity index (χ3n) is 3.41. The number of hydrogen-bond donors (Lipinski definition) is 2. The average Bonchev–Trinajstić information content (AvgIpc) is 3.15. The van der Waals surface area contributed by atoms with Gasteiger partial charge in [-0.25, -0.2) is 19.7 Å². The molecule has 0 aliphatic rings.